The third kappa shape index (κ3) is 4.07. The normalized spacial score (nSPS) is 21.7. The molecule has 0 aromatic carbocycles. The van der Waals surface area contributed by atoms with E-state index in [1.165, 1.54) is 6.42 Å². The molecule has 0 radical (unpaired) electrons. The van der Waals surface area contributed by atoms with Gasteiger partial charge in [-0.1, -0.05) is 0 Å². The van der Waals surface area contributed by atoms with Crippen LogP contribution in [0, 0.1) is 5.92 Å². The van der Waals surface area contributed by atoms with Crippen molar-refractivity contribution in [2.75, 3.05) is 26.8 Å². The highest BCUT2D eigenvalue weighted by molar-refractivity contribution is 4.75. The van der Waals surface area contributed by atoms with E-state index in [2.05, 4.69) is 5.32 Å². The van der Waals surface area contributed by atoms with Crippen LogP contribution in [-0.4, -0.2) is 32.8 Å². The number of hydrogen-bond donors (Lipinski definition) is 2. The van der Waals surface area contributed by atoms with Crippen LogP contribution in [0.5, 0.6) is 0 Å². The highest BCUT2D eigenvalue weighted by Gasteiger charge is 2.19. The third-order valence-electron chi connectivity index (χ3n) is 2.84. The van der Waals surface area contributed by atoms with E-state index >= 15 is 0 Å². The zero-order chi connectivity index (χ0) is 9.52. The Morgan fingerprint density at radius 1 is 1.46 bits per heavy atom. The Labute approximate surface area is 81.0 Å². The maximum absolute atomic E-state index is 6.11. The highest BCUT2D eigenvalue weighted by Crippen LogP contribution is 2.19. The van der Waals surface area contributed by atoms with E-state index in [9.17, 15) is 0 Å². The molecule has 0 aromatic heterocycles. The first-order chi connectivity index (χ1) is 6.34. The van der Waals surface area contributed by atoms with Gasteiger partial charge in [0, 0.05) is 19.3 Å². The van der Waals surface area contributed by atoms with Gasteiger partial charge in [-0.15, -0.1) is 0 Å². The van der Waals surface area contributed by atoms with Gasteiger partial charge in [0.05, 0.1) is 0 Å². The van der Waals surface area contributed by atoms with Crippen LogP contribution < -0.4 is 11.1 Å². The lowest BCUT2D eigenvalue weighted by molar-refractivity contribution is 0.0573. The number of rotatable bonds is 5. The summed E-state index contributed by atoms with van der Waals surface area (Å²) < 4.78 is 5.31. The second-order valence-corrected chi connectivity index (χ2v) is 3.86. The van der Waals surface area contributed by atoms with E-state index in [-0.39, 0.29) is 0 Å². The first-order valence-electron chi connectivity index (χ1n) is 5.32. The smallest absolute Gasteiger partial charge is 0.0469 e. The van der Waals surface area contributed by atoms with Crippen molar-refractivity contribution in [1.82, 2.24) is 5.32 Å². The molecule has 1 unspecified atom stereocenters. The first-order valence-corrected chi connectivity index (χ1v) is 5.32. The summed E-state index contributed by atoms with van der Waals surface area (Å²) in [7, 11) is 1.99. The minimum Gasteiger partial charge on any atom is -0.381 e. The van der Waals surface area contributed by atoms with Gasteiger partial charge in [-0.3, -0.25) is 0 Å². The molecule has 0 saturated carbocycles. The van der Waals surface area contributed by atoms with E-state index in [1.54, 1.807) is 0 Å². The number of hydrogen-bond acceptors (Lipinski definition) is 3. The molecule has 1 saturated heterocycles. The summed E-state index contributed by atoms with van der Waals surface area (Å²) in [5, 5.41) is 3.15. The molecule has 0 aromatic rings. The minimum atomic E-state index is 0.386. The fourth-order valence-electron chi connectivity index (χ4n) is 1.89. The molecule has 1 heterocycles. The van der Waals surface area contributed by atoms with E-state index in [4.69, 9.17) is 10.5 Å². The standard InChI is InChI=1S/C10H22N2O/c1-12-6-2-3-10(11)9-4-7-13-8-5-9/h9-10,12H,2-8,11H2,1H3. The molecule has 1 rings (SSSR count). The van der Waals surface area contributed by atoms with Gasteiger partial charge in [-0.2, -0.15) is 0 Å². The lowest BCUT2D eigenvalue weighted by Gasteiger charge is -2.27. The topological polar surface area (TPSA) is 47.3 Å². The van der Waals surface area contributed by atoms with Crippen molar-refractivity contribution in [3.05, 3.63) is 0 Å². The SMILES string of the molecule is CNCCCC(N)C1CCOCC1. The van der Waals surface area contributed by atoms with Gasteiger partial charge in [-0.05, 0) is 45.2 Å². The van der Waals surface area contributed by atoms with Crippen LogP contribution in [0.4, 0.5) is 0 Å². The third-order valence-corrected chi connectivity index (χ3v) is 2.84. The molecule has 13 heavy (non-hydrogen) atoms. The van der Waals surface area contributed by atoms with Crippen molar-refractivity contribution in [2.45, 2.75) is 31.7 Å². The summed E-state index contributed by atoms with van der Waals surface area (Å²) >= 11 is 0. The maximum Gasteiger partial charge on any atom is 0.0469 e. The minimum absolute atomic E-state index is 0.386. The molecule has 1 aliphatic heterocycles. The number of nitrogens with one attached hydrogen (secondary N) is 1. The summed E-state index contributed by atoms with van der Waals surface area (Å²) in [6, 6.07) is 0.386. The Balaban J connectivity index is 2.09. The van der Waals surface area contributed by atoms with Crippen LogP contribution in [-0.2, 0) is 4.74 Å². The lowest BCUT2D eigenvalue weighted by Crippen LogP contribution is -2.34. The zero-order valence-electron chi connectivity index (χ0n) is 8.59. The molecule has 78 valence electrons. The molecule has 3 heteroatoms. The van der Waals surface area contributed by atoms with Crippen molar-refractivity contribution >= 4 is 0 Å². The van der Waals surface area contributed by atoms with Gasteiger partial charge in [-0.25, -0.2) is 0 Å². The highest BCUT2D eigenvalue weighted by atomic mass is 16.5. The van der Waals surface area contributed by atoms with E-state index in [0.29, 0.717) is 12.0 Å². The molecule has 1 aliphatic rings. The fraction of sp³-hybridized carbons (Fsp3) is 1.00. The number of ether oxygens (including phenoxy) is 1. The molecule has 0 bridgehead atoms. The van der Waals surface area contributed by atoms with Crippen LogP contribution in [0.2, 0.25) is 0 Å². The van der Waals surface area contributed by atoms with Crippen LogP contribution in [0.15, 0.2) is 0 Å². The van der Waals surface area contributed by atoms with Crippen molar-refractivity contribution < 1.29 is 4.74 Å². The van der Waals surface area contributed by atoms with Crippen LogP contribution in [0.25, 0.3) is 0 Å². The monoisotopic (exact) mass is 186 g/mol. The zero-order valence-corrected chi connectivity index (χ0v) is 8.59. The van der Waals surface area contributed by atoms with Crippen molar-refractivity contribution in [3.8, 4) is 0 Å². The Kier molecular flexibility index (Phi) is 5.35. The van der Waals surface area contributed by atoms with Crippen molar-refractivity contribution in [1.29, 1.82) is 0 Å². The van der Waals surface area contributed by atoms with Gasteiger partial charge in [0.25, 0.3) is 0 Å². The summed E-state index contributed by atoms with van der Waals surface area (Å²) in [6.07, 6.45) is 4.64. The lowest BCUT2D eigenvalue weighted by atomic mass is 9.89. The number of nitrogens with two attached hydrogens (primary N) is 1. The van der Waals surface area contributed by atoms with Crippen molar-refractivity contribution in [2.24, 2.45) is 11.7 Å². The Morgan fingerprint density at radius 2 is 2.15 bits per heavy atom. The second kappa shape index (κ2) is 6.35. The van der Waals surface area contributed by atoms with Gasteiger partial charge in [0.2, 0.25) is 0 Å². The molecule has 0 aliphatic carbocycles. The summed E-state index contributed by atoms with van der Waals surface area (Å²) in [4.78, 5) is 0. The van der Waals surface area contributed by atoms with Crippen LogP contribution >= 0.6 is 0 Å². The van der Waals surface area contributed by atoms with Crippen molar-refractivity contribution in [3.63, 3.8) is 0 Å². The van der Waals surface area contributed by atoms with Gasteiger partial charge >= 0.3 is 0 Å². The Hall–Kier alpha value is -0.120. The predicted octanol–water partition coefficient (Wildman–Crippen LogP) is 0.740. The molecule has 1 atom stereocenters. The summed E-state index contributed by atoms with van der Waals surface area (Å²) in [5.41, 5.74) is 6.11. The second-order valence-electron chi connectivity index (χ2n) is 3.86. The molecule has 3 nitrogen and oxygen atoms in total. The van der Waals surface area contributed by atoms with Crippen LogP contribution in [0.3, 0.4) is 0 Å². The molecule has 0 amide bonds. The van der Waals surface area contributed by atoms with Gasteiger partial charge in [0.15, 0.2) is 0 Å². The van der Waals surface area contributed by atoms with E-state index in [0.717, 1.165) is 39.0 Å². The average molecular weight is 186 g/mol. The Morgan fingerprint density at radius 3 is 2.77 bits per heavy atom. The first kappa shape index (κ1) is 11.0. The molecular formula is C10H22N2O. The molecule has 0 spiro atoms. The molecular weight excluding hydrogens is 164 g/mol. The molecule has 1 fully saturated rings. The fourth-order valence-corrected chi connectivity index (χ4v) is 1.89. The van der Waals surface area contributed by atoms with Crippen LogP contribution in [0.1, 0.15) is 25.7 Å². The van der Waals surface area contributed by atoms with E-state index in [1.807, 2.05) is 7.05 Å². The largest absolute Gasteiger partial charge is 0.381 e. The predicted molar refractivity (Wildman–Crippen MR) is 54.7 cm³/mol. The average Bonchev–Trinajstić information content (AvgIpc) is 2.19. The quantitative estimate of drug-likeness (QED) is 0.623. The molecule has 3 N–H and O–H groups in total. The van der Waals surface area contributed by atoms with E-state index < -0.39 is 0 Å². The van der Waals surface area contributed by atoms with Gasteiger partial charge in [0.1, 0.15) is 0 Å². The Bertz CT molecular complexity index is 124. The maximum atomic E-state index is 6.11. The summed E-state index contributed by atoms with van der Waals surface area (Å²) in [6.45, 7) is 2.89. The van der Waals surface area contributed by atoms with Gasteiger partial charge < -0.3 is 15.8 Å². The summed E-state index contributed by atoms with van der Waals surface area (Å²) in [5.74, 6) is 0.700.